The highest BCUT2D eigenvalue weighted by Gasteiger charge is 2.19. The van der Waals surface area contributed by atoms with E-state index in [1.807, 2.05) is 13.0 Å². The lowest BCUT2D eigenvalue weighted by molar-refractivity contribution is -0.140. The zero-order valence-corrected chi connectivity index (χ0v) is 17.6. The number of hydrogen-bond acceptors (Lipinski definition) is 10. The number of thiazole rings is 1. The molecule has 1 fully saturated rings. The summed E-state index contributed by atoms with van der Waals surface area (Å²) in [6.07, 6.45) is 4.66. The molecule has 9 nitrogen and oxygen atoms in total. The molecule has 0 amide bonds. The molecule has 1 N–H and O–H groups in total. The van der Waals surface area contributed by atoms with Crippen molar-refractivity contribution >= 4 is 40.4 Å². The maximum absolute atomic E-state index is 11.2. The SMILES string of the molecule is COC(=O)CCCCN1CCN(c2cc(Nc3ncc(C=O)s3)nc(C)n2)CC1. The average molecular weight is 419 g/mol. The van der Waals surface area contributed by atoms with Crippen LogP contribution < -0.4 is 10.2 Å². The number of ether oxygens (including phenoxy) is 1. The zero-order chi connectivity index (χ0) is 20.6. The van der Waals surface area contributed by atoms with E-state index < -0.39 is 0 Å². The van der Waals surface area contributed by atoms with Crippen molar-refractivity contribution in [3.8, 4) is 0 Å². The number of rotatable bonds is 9. The largest absolute Gasteiger partial charge is 0.469 e. The molecule has 0 saturated carbocycles. The molecule has 3 rings (SSSR count). The number of nitrogens with one attached hydrogen (secondary N) is 1. The average Bonchev–Trinajstić information content (AvgIpc) is 3.18. The summed E-state index contributed by atoms with van der Waals surface area (Å²) in [7, 11) is 1.43. The third-order valence-corrected chi connectivity index (χ3v) is 5.57. The van der Waals surface area contributed by atoms with Crippen molar-refractivity contribution < 1.29 is 14.3 Å². The lowest BCUT2D eigenvalue weighted by Crippen LogP contribution is -2.47. The van der Waals surface area contributed by atoms with Gasteiger partial charge in [-0.1, -0.05) is 11.3 Å². The summed E-state index contributed by atoms with van der Waals surface area (Å²) in [5.74, 6) is 2.10. The number of anilines is 3. The molecule has 0 atom stereocenters. The Morgan fingerprint density at radius 2 is 2.07 bits per heavy atom. The van der Waals surface area contributed by atoms with Gasteiger partial charge in [-0.3, -0.25) is 14.5 Å². The van der Waals surface area contributed by atoms with Crippen molar-refractivity contribution in [1.82, 2.24) is 19.9 Å². The summed E-state index contributed by atoms with van der Waals surface area (Å²) in [5, 5.41) is 3.79. The summed E-state index contributed by atoms with van der Waals surface area (Å²) >= 11 is 1.29. The van der Waals surface area contributed by atoms with Crippen LogP contribution in [0, 0.1) is 6.92 Å². The van der Waals surface area contributed by atoms with Crippen LogP contribution >= 0.6 is 11.3 Å². The number of nitrogens with zero attached hydrogens (tertiary/aromatic N) is 5. The van der Waals surface area contributed by atoms with Gasteiger partial charge in [0.15, 0.2) is 11.4 Å². The molecule has 2 aromatic heterocycles. The molecule has 2 aromatic rings. The molecule has 0 aromatic carbocycles. The van der Waals surface area contributed by atoms with Crippen LogP contribution in [0.25, 0.3) is 0 Å². The summed E-state index contributed by atoms with van der Waals surface area (Å²) in [6, 6.07) is 1.92. The highest BCUT2D eigenvalue weighted by atomic mass is 32.1. The second-order valence-corrected chi connectivity index (χ2v) is 7.89. The summed E-state index contributed by atoms with van der Waals surface area (Å²) in [6.45, 7) is 6.55. The van der Waals surface area contributed by atoms with Crippen molar-refractivity contribution in [2.75, 3.05) is 50.1 Å². The molecule has 3 heterocycles. The highest BCUT2D eigenvalue weighted by Crippen LogP contribution is 2.23. The fourth-order valence-corrected chi connectivity index (χ4v) is 3.83. The predicted molar refractivity (Wildman–Crippen MR) is 112 cm³/mol. The standard InChI is InChI=1S/C19H26N6O3S/c1-14-21-16(23-19-20-12-15(13-26)29-19)11-17(22-14)25-9-7-24(8-10-25)6-4-3-5-18(27)28-2/h11-13H,3-10H2,1-2H3,(H,20,21,22,23). The number of unbranched alkanes of at least 4 members (excludes halogenated alkanes) is 1. The van der Waals surface area contributed by atoms with Crippen molar-refractivity contribution in [3.05, 3.63) is 23.0 Å². The smallest absolute Gasteiger partial charge is 0.305 e. The number of piperazine rings is 1. The quantitative estimate of drug-likeness (QED) is 0.373. The van der Waals surface area contributed by atoms with Gasteiger partial charge < -0.3 is 15.0 Å². The minimum absolute atomic E-state index is 0.140. The Kier molecular flexibility index (Phi) is 7.48. The molecule has 1 aliphatic heterocycles. The van der Waals surface area contributed by atoms with Crippen LogP contribution in [0.2, 0.25) is 0 Å². The molecule has 1 aliphatic rings. The fourth-order valence-electron chi connectivity index (χ4n) is 3.19. The molecule has 10 heteroatoms. The van der Waals surface area contributed by atoms with Gasteiger partial charge >= 0.3 is 5.97 Å². The lowest BCUT2D eigenvalue weighted by atomic mass is 10.2. The Morgan fingerprint density at radius 3 is 2.76 bits per heavy atom. The number of aromatic nitrogens is 3. The molecule has 0 aliphatic carbocycles. The summed E-state index contributed by atoms with van der Waals surface area (Å²) in [5.41, 5.74) is 0. The maximum Gasteiger partial charge on any atom is 0.305 e. The minimum Gasteiger partial charge on any atom is -0.469 e. The summed E-state index contributed by atoms with van der Waals surface area (Å²) < 4.78 is 4.67. The van der Waals surface area contributed by atoms with Gasteiger partial charge in [0, 0.05) is 38.7 Å². The Morgan fingerprint density at radius 1 is 1.28 bits per heavy atom. The van der Waals surface area contributed by atoms with Crippen molar-refractivity contribution in [2.24, 2.45) is 0 Å². The number of aryl methyl sites for hydroxylation is 1. The third kappa shape index (κ3) is 6.20. The van der Waals surface area contributed by atoms with E-state index in [4.69, 9.17) is 0 Å². The van der Waals surface area contributed by atoms with E-state index in [0.717, 1.165) is 57.7 Å². The normalized spacial score (nSPS) is 14.6. The first-order valence-corrected chi connectivity index (χ1v) is 10.5. The van der Waals surface area contributed by atoms with E-state index in [9.17, 15) is 9.59 Å². The molecule has 156 valence electrons. The summed E-state index contributed by atoms with van der Waals surface area (Å²) in [4.78, 5) is 40.4. The second kappa shape index (κ2) is 10.3. The zero-order valence-electron chi connectivity index (χ0n) is 16.8. The lowest BCUT2D eigenvalue weighted by Gasteiger charge is -2.35. The van der Waals surface area contributed by atoms with Crippen LogP contribution in [-0.4, -0.2) is 71.9 Å². The van der Waals surface area contributed by atoms with Crippen LogP contribution in [0.3, 0.4) is 0 Å². The van der Waals surface area contributed by atoms with E-state index in [1.54, 1.807) is 6.20 Å². The molecular formula is C19H26N6O3S. The number of carbonyl (C=O) groups excluding carboxylic acids is 2. The van der Waals surface area contributed by atoms with E-state index in [2.05, 4.69) is 34.8 Å². The Bertz CT molecular complexity index is 835. The molecule has 0 spiro atoms. The Labute approximate surface area is 174 Å². The van der Waals surface area contributed by atoms with Crippen LogP contribution in [0.5, 0.6) is 0 Å². The van der Waals surface area contributed by atoms with E-state index >= 15 is 0 Å². The van der Waals surface area contributed by atoms with Gasteiger partial charge in [-0.2, -0.15) is 0 Å². The molecular weight excluding hydrogens is 392 g/mol. The second-order valence-electron chi connectivity index (χ2n) is 6.83. The molecule has 0 bridgehead atoms. The first-order chi connectivity index (χ1) is 14.1. The number of methoxy groups -OCH3 is 1. The van der Waals surface area contributed by atoms with Crippen molar-refractivity contribution in [3.63, 3.8) is 0 Å². The number of carbonyl (C=O) groups is 2. The predicted octanol–water partition coefficient (Wildman–Crippen LogP) is 2.26. The number of hydrogen-bond donors (Lipinski definition) is 1. The van der Waals surface area contributed by atoms with Crippen LogP contribution in [0.15, 0.2) is 12.3 Å². The van der Waals surface area contributed by atoms with Gasteiger partial charge in [0.05, 0.1) is 18.2 Å². The monoisotopic (exact) mass is 418 g/mol. The van der Waals surface area contributed by atoms with Crippen LogP contribution in [0.4, 0.5) is 16.8 Å². The van der Waals surface area contributed by atoms with Crippen molar-refractivity contribution in [1.29, 1.82) is 0 Å². The number of aldehydes is 1. The third-order valence-electron chi connectivity index (χ3n) is 4.73. The molecule has 29 heavy (non-hydrogen) atoms. The minimum atomic E-state index is -0.140. The Hall–Kier alpha value is -2.59. The molecule has 1 saturated heterocycles. The van der Waals surface area contributed by atoms with Gasteiger partial charge in [-0.05, 0) is 26.3 Å². The Balaban J connectivity index is 1.51. The van der Waals surface area contributed by atoms with E-state index in [0.29, 0.717) is 28.1 Å². The van der Waals surface area contributed by atoms with Gasteiger partial charge in [-0.15, -0.1) is 0 Å². The van der Waals surface area contributed by atoms with Gasteiger partial charge in [0.25, 0.3) is 0 Å². The topological polar surface area (TPSA) is 101 Å². The van der Waals surface area contributed by atoms with Crippen LogP contribution in [-0.2, 0) is 9.53 Å². The van der Waals surface area contributed by atoms with E-state index in [-0.39, 0.29) is 5.97 Å². The van der Waals surface area contributed by atoms with Crippen LogP contribution in [0.1, 0.15) is 34.8 Å². The highest BCUT2D eigenvalue weighted by molar-refractivity contribution is 7.17. The van der Waals surface area contributed by atoms with Gasteiger partial charge in [0.1, 0.15) is 17.5 Å². The van der Waals surface area contributed by atoms with E-state index in [1.165, 1.54) is 18.4 Å². The number of esters is 1. The van der Waals surface area contributed by atoms with Gasteiger partial charge in [0.2, 0.25) is 0 Å². The molecule has 0 unspecified atom stereocenters. The molecule has 0 radical (unpaired) electrons. The van der Waals surface area contributed by atoms with Gasteiger partial charge in [-0.25, -0.2) is 15.0 Å². The van der Waals surface area contributed by atoms with Crippen molar-refractivity contribution in [2.45, 2.75) is 26.2 Å². The first kappa shape index (κ1) is 21.1. The fraction of sp³-hybridized carbons (Fsp3) is 0.526. The first-order valence-electron chi connectivity index (χ1n) is 9.65. The maximum atomic E-state index is 11.2.